The molecule has 2 aromatic heterocycles. The van der Waals surface area contributed by atoms with Crippen molar-refractivity contribution in [3.63, 3.8) is 0 Å². The molecule has 2 saturated heterocycles. The fourth-order valence-electron chi connectivity index (χ4n) is 7.95. The van der Waals surface area contributed by atoms with Gasteiger partial charge in [-0.3, -0.25) is 9.97 Å². The molecule has 7 aromatic rings. The van der Waals surface area contributed by atoms with Gasteiger partial charge in [0.15, 0.2) is 0 Å². The number of aryl methyl sites for hydroxylation is 2. The van der Waals surface area contributed by atoms with Crippen molar-refractivity contribution in [2.45, 2.75) is 45.1 Å². The minimum absolute atomic E-state index is 0.295. The van der Waals surface area contributed by atoms with Crippen LogP contribution in [0.2, 0.25) is 0 Å². The SMILES string of the molecule is Cc1cc(N2CCC(c3ccccc3)C2)c2cc(O)ccc2n1.Cc1cc(N2CCC(c3ccccc3)C2)c2cc(OCc3ccccc3)ccc2n1. The number of hydrogen-bond donors (Lipinski definition) is 1. The lowest BCUT2D eigenvalue weighted by Gasteiger charge is -2.22. The first-order valence-corrected chi connectivity index (χ1v) is 18.7. The summed E-state index contributed by atoms with van der Waals surface area (Å²) < 4.78 is 6.09. The molecule has 0 radical (unpaired) electrons. The molecule has 0 saturated carbocycles. The first kappa shape index (κ1) is 34.2. The third kappa shape index (κ3) is 7.82. The van der Waals surface area contributed by atoms with Crippen molar-refractivity contribution in [3.05, 3.63) is 168 Å². The molecule has 0 spiro atoms. The van der Waals surface area contributed by atoms with Crippen LogP contribution in [-0.2, 0) is 6.61 Å². The van der Waals surface area contributed by atoms with Crippen LogP contribution in [-0.4, -0.2) is 41.3 Å². The van der Waals surface area contributed by atoms with Crippen molar-refractivity contribution in [1.29, 1.82) is 0 Å². The van der Waals surface area contributed by atoms with E-state index in [1.165, 1.54) is 39.9 Å². The highest BCUT2D eigenvalue weighted by molar-refractivity contribution is 5.94. The lowest BCUT2D eigenvalue weighted by Crippen LogP contribution is -2.20. The average Bonchev–Trinajstić information content (AvgIpc) is 3.90. The molecular weight excluding hydrogens is 653 g/mol. The highest BCUT2D eigenvalue weighted by Crippen LogP contribution is 2.37. The zero-order chi connectivity index (χ0) is 36.1. The van der Waals surface area contributed by atoms with Gasteiger partial charge in [-0.25, -0.2) is 0 Å². The summed E-state index contributed by atoms with van der Waals surface area (Å²) in [5.74, 6) is 2.32. The van der Waals surface area contributed by atoms with Crippen LogP contribution in [0.4, 0.5) is 11.4 Å². The maximum absolute atomic E-state index is 9.85. The molecule has 6 heteroatoms. The summed E-state index contributed by atoms with van der Waals surface area (Å²) >= 11 is 0. The Bertz CT molecular complexity index is 2310. The number of phenolic OH excluding ortho intramolecular Hbond substituents is 1. The summed E-state index contributed by atoms with van der Waals surface area (Å²) in [6.07, 6.45) is 2.34. The normalized spacial score (nSPS) is 16.9. The van der Waals surface area contributed by atoms with E-state index < -0.39 is 0 Å². The van der Waals surface area contributed by atoms with E-state index in [0.717, 1.165) is 66.2 Å². The topological polar surface area (TPSA) is 61.7 Å². The Morgan fingerprint density at radius 3 is 1.62 bits per heavy atom. The minimum atomic E-state index is 0.295. The summed E-state index contributed by atoms with van der Waals surface area (Å²) in [4.78, 5) is 14.3. The molecule has 6 nitrogen and oxygen atoms in total. The van der Waals surface area contributed by atoms with Crippen molar-refractivity contribution in [1.82, 2.24) is 9.97 Å². The van der Waals surface area contributed by atoms with E-state index in [9.17, 15) is 5.11 Å². The first-order valence-electron chi connectivity index (χ1n) is 18.7. The van der Waals surface area contributed by atoms with Gasteiger partial charge in [0, 0.05) is 71.5 Å². The molecule has 2 aliphatic heterocycles. The van der Waals surface area contributed by atoms with Crippen molar-refractivity contribution >= 4 is 33.2 Å². The number of rotatable bonds is 7. The van der Waals surface area contributed by atoms with Crippen LogP contribution < -0.4 is 14.5 Å². The number of hydrogen-bond acceptors (Lipinski definition) is 6. The van der Waals surface area contributed by atoms with Crippen LogP contribution in [0, 0.1) is 13.8 Å². The second kappa shape index (κ2) is 15.4. The Balaban J connectivity index is 0.000000156. The molecule has 4 heterocycles. The molecule has 1 N–H and O–H groups in total. The number of phenols is 1. The van der Waals surface area contributed by atoms with E-state index >= 15 is 0 Å². The maximum atomic E-state index is 9.85. The lowest BCUT2D eigenvalue weighted by atomic mass is 9.99. The maximum Gasteiger partial charge on any atom is 0.120 e. The van der Waals surface area contributed by atoms with Gasteiger partial charge in [-0.1, -0.05) is 91.0 Å². The van der Waals surface area contributed by atoms with Crippen LogP contribution in [0.15, 0.2) is 140 Å². The monoisotopic (exact) mass is 698 g/mol. The van der Waals surface area contributed by atoms with Crippen LogP contribution in [0.25, 0.3) is 21.8 Å². The number of aromatic nitrogens is 2. The highest BCUT2D eigenvalue weighted by Gasteiger charge is 2.27. The number of fused-ring (bicyclic) bond motifs is 2. The fraction of sp³-hybridized carbons (Fsp3) is 0.234. The quantitative estimate of drug-likeness (QED) is 0.179. The summed E-state index contributed by atoms with van der Waals surface area (Å²) in [5, 5.41) is 12.0. The Morgan fingerprint density at radius 1 is 0.585 bits per heavy atom. The predicted molar refractivity (Wildman–Crippen MR) is 217 cm³/mol. The zero-order valence-corrected chi connectivity index (χ0v) is 30.5. The third-order valence-corrected chi connectivity index (χ3v) is 10.6. The summed E-state index contributed by atoms with van der Waals surface area (Å²) in [6, 6.07) is 47.9. The summed E-state index contributed by atoms with van der Waals surface area (Å²) in [5.41, 5.74) is 10.5. The average molecular weight is 699 g/mol. The molecule has 0 amide bonds. The van der Waals surface area contributed by atoms with Crippen LogP contribution in [0.5, 0.6) is 11.5 Å². The number of anilines is 2. The van der Waals surface area contributed by atoms with E-state index in [1.54, 1.807) is 6.07 Å². The molecular formula is C47H46N4O2. The zero-order valence-electron chi connectivity index (χ0n) is 30.5. The van der Waals surface area contributed by atoms with Crippen LogP contribution in [0.1, 0.15) is 52.8 Å². The van der Waals surface area contributed by atoms with Gasteiger partial charge in [-0.15, -0.1) is 0 Å². The third-order valence-electron chi connectivity index (χ3n) is 10.6. The van der Waals surface area contributed by atoms with Crippen LogP contribution in [0.3, 0.4) is 0 Å². The van der Waals surface area contributed by atoms with E-state index in [0.29, 0.717) is 24.2 Å². The van der Waals surface area contributed by atoms with E-state index in [1.807, 2.05) is 43.3 Å². The van der Waals surface area contributed by atoms with E-state index in [-0.39, 0.29) is 0 Å². The van der Waals surface area contributed by atoms with Gasteiger partial charge in [0.25, 0.3) is 0 Å². The van der Waals surface area contributed by atoms with Gasteiger partial charge >= 0.3 is 0 Å². The van der Waals surface area contributed by atoms with E-state index in [4.69, 9.17) is 9.72 Å². The van der Waals surface area contributed by atoms with Crippen molar-refractivity contribution in [2.75, 3.05) is 36.0 Å². The number of nitrogens with zero attached hydrogens (tertiary/aromatic N) is 4. The predicted octanol–water partition coefficient (Wildman–Crippen LogP) is 10.4. The molecule has 2 aliphatic rings. The highest BCUT2D eigenvalue weighted by atomic mass is 16.5. The van der Waals surface area contributed by atoms with Crippen molar-refractivity contribution in [3.8, 4) is 11.5 Å². The molecule has 0 bridgehead atoms. The molecule has 5 aromatic carbocycles. The summed E-state index contributed by atoms with van der Waals surface area (Å²) in [6.45, 7) is 8.83. The Labute approximate surface area is 312 Å². The van der Waals surface area contributed by atoms with Crippen LogP contribution >= 0.6 is 0 Å². The molecule has 53 heavy (non-hydrogen) atoms. The van der Waals surface area contributed by atoms with Gasteiger partial charge in [0.1, 0.15) is 18.1 Å². The molecule has 2 unspecified atom stereocenters. The standard InChI is InChI=1S/C27H26N2O.C20H20N2O/c1-20-16-27(29-15-14-23(18-29)22-10-6-3-7-11-22)25-17-24(12-13-26(25)28-20)30-19-21-8-4-2-5-9-21;1-14-11-20(18-12-17(23)7-8-19(18)21-14)22-10-9-16(13-22)15-5-3-2-4-6-15/h2-13,16-17,23H,14-15,18-19H2,1H3;2-8,11-12,16,23H,9-10,13H2,1H3. The Kier molecular flexibility index (Phi) is 9.93. The van der Waals surface area contributed by atoms with E-state index in [2.05, 4.69) is 119 Å². The van der Waals surface area contributed by atoms with Crippen molar-refractivity contribution < 1.29 is 9.84 Å². The molecule has 0 aliphatic carbocycles. The molecule has 9 rings (SSSR count). The number of ether oxygens (including phenoxy) is 1. The smallest absolute Gasteiger partial charge is 0.120 e. The van der Waals surface area contributed by atoms with Gasteiger partial charge in [-0.05, 0) is 91.9 Å². The number of aromatic hydroxyl groups is 1. The number of pyridine rings is 2. The second-order valence-electron chi connectivity index (χ2n) is 14.4. The van der Waals surface area contributed by atoms with Crippen molar-refractivity contribution in [2.24, 2.45) is 0 Å². The lowest BCUT2D eigenvalue weighted by molar-refractivity contribution is 0.306. The minimum Gasteiger partial charge on any atom is -0.508 e. The second-order valence-corrected chi connectivity index (χ2v) is 14.4. The van der Waals surface area contributed by atoms with Gasteiger partial charge in [0.05, 0.1) is 11.0 Å². The number of benzene rings is 5. The Morgan fingerprint density at radius 2 is 1.08 bits per heavy atom. The van der Waals surface area contributed by atoms with Gasteiger partial charge in [0.2, 0.25) is 0 Å². The molecule has 2 atom stereocenters. The molecule has 266 valence electrons. The summed E-state index contributed by atoms with van der Waals surface area (Å²) in [7, 11) is 0. The Hall–Kier alpha value is -5.88. The van der Waals surface area contributed by atoms with Gasteiger partial charge in [-0.2, -0.15) is 0 Å². The molecule has 2 fully saturated rings. The largest absolute Gasteiger partial charge is 0.508 e. The fourth-order valence-corrected chi connectivity index (χ4v) is 7.95. The van der Waals surface area contributed by atoms with Gasteiger partial charge < -0.3 is 19.6 Å². The first-order chi connectivity index (χ1) is 26.0.